The molecule has 0 bridgehead atoms. The lowest BCUT2D eigenvalue weighted by molar-refractivity contribution is 0.356. The van der Waals surface area contributed by atoms with Gasteiger partial charge in [0.25, 0.3) is 0 Å². The van der Waals surface area contributed by atoms with Crippen LogP contribution in [0.2, 0.25) is 0 Å². The van der Waals surface area contributed by atoms with Gasteiger partial charge in [0.2, 0.25) is 0 Å². The molecule has 1 rings (SSSR count). The van der Waals surface area contributed by atoms with Crippen molar-refractivity contribution in [3.05, 3.63) is 22.4 Å². The largest absolute Gasteiger partial charge is 0.314 e. The van der Waals surface area contributed by atoms with E-state index in [4.69, 9.17) is 0 Å². The molecule has 0 amide bonds. The molecule has 0 aromatic carbocycles. The second kappa shape index (κ2) is 5.66. The van der Waals surface area contributed by atoms with Gasteiger partial charge in [-0.2, -0.15) is 11.3 Å². The third kappa shape index (κ3) is 5.95. The first-order valence-electron chi connectivity index (χ1n) is 5.72. The van der Waals surface area contributed by atoms with Gasteiger partial charge in [0, 0.05) is 6.04 Å². The van der Waals surface area contributed by atoms with Crippen LogP contribution in [0.4, 0.5) is 0 Å². The van der Waals surface area contributed by atoms with Crippen molar-refractivity contribution in [2.75, 3.05) is 6.54 Å². The van der Waals surface area contributed by atoms with Gasteiger partial charge in [0.15, 0.2) is 0 Å². The van der Waals surface area contributed by atoms with Crippen LogP contribution in [0, 0.1) is 5.41 Å². The minimum absolute atomic E-state index is 0.440. The van der Waals surface area contributed by atoms with Gasteiger partial charge in [-0.05, 0) is 54.1 Å². The van der Waals surface area contributed by atoms with Crippen molar-refractivity contribution in [2.24, 2.45) is 5.41 Å². The lowest BCUT2D eigenvalue weighted by atomic mass is 9.92. The Bertz CT molecular complexity index is 259. The first-order valence-corrected chi connectivity index (χ1v) is 6.66. The Morgan fingerprint density at radius 3 is 2.67 bits per heavy atom. The molecule has 0 fully saturated rings. The molecule has 0 aliphatic rings. The Balaban J connectivity index is 2.17. The summed E-state index contributed by atoms with van der Waals surface area (Å²) in [5, 5.41) is 7.97. The molecule has 0 aliphatic carbocycles. The minimum Gasteiger partial charge on any atom is -0.314 e. The highest BCUT2D eigenvalue weighted by atomic mass is 32.1. The molecule has 1 nitrogen and oxygen atoms in total. The van der Waals surface area contributed by atoms with Gasteiger partial charge in [-0.25, -0.2) is 0 Å². The second-order valence-electron chi connectivity index (χ2n) is 5.50. The van der Waals surface area contributed by atoms with Crippen molar-refractivity contribution in [1.29, 1.82) is 0 Å². The topological polar surface area (TPSA) is 12.0 Å². The normalized spacial score (nSPS) is 14.1. The van der Waals surface area contributed by atoms with E-state index in [2.05, 4.69) is 49.8 Å². The van der Waals surface area contributed by atoms with E-state index in [1.54, 1.807) is 11.3 Å². The van der Waals surface area contributed by atoms with Crippen LogP contribution in [0.5, 0.6) is 0 Å². The Labute approximate surface area is 97.9 Å². The Kier molecular flexibility index (Phi) is 4.81. The molecule has 1 aromatic rings. The highest BCUT2D eigenvalue weighted by molar-refractivity contribution is 7.07. The second-order valence-corrected chi connectivity index (χ2v) is 6.28. The van der Waals surface area contributed by atoms with Crippen molar-refractivity contribution in [2.45, 2.75) is 46.6 Å². The van der Waals surface area contributed by atoms with Gasteiger partial charge in [0.05, 0.1) is 0 Å². The molecule has 0 aliphatic heterocycles. The number of hydrogen-bond acceptors (Lipinski definition) is 2. The molecular formula is C13H23NS. The summed E-state index contributed by atoms with van der Waals surface area (Å²) >= 11 is 1.78. The fourth-order valence-electron chi connectivity index (χ4n) is 1.53. The number of hydrogen-bond donors (Lipinski definition) is 1. The van der Waals surface area contributed by atoms with Crippen molar-refractivity contribution >= 4 is 11.3 Å². The number of nitrogens with one attached hydrogen (secondary N) is 1. The van der Waals surface area contributed by atoms with E-state index < -0.39 is 0 Å². The Hall–Kier alpha value is -0.340. The van der Waals surface area contributed by atoms with Crippen LogP contribution in [0.1, 0.15) is 39.7 Å². The van der Waals surface area contributed by atoms with Gasteiger partial charge < -0.3 is 5.32 Å². The predicted octanol–water partition coefficient (Wildman–Crippen LogP) is 3.70. The molecule has 0 radical (unpaired) electrons. The minimum atomic E-state index is 0.440. The summed E-state index contributed by atoms with van der Waals surface area (Å²) in [6.07, 6.45) is 2.38. The molecule has 1 atom stereocenters. The molecule has 0 spiro atoms. The summed E-state index contributed by atoms with van der Waals surface area (Å²) in [5.41, 5.74) is 1.89. The average molecular weight is 225 g/mol. The maximum absolute atomic E-state index is 3.58. The van der Waals surface area contributed by atoms with E-state index in [1.165, 1.54) is 12.0 Å². The van der Waals surface area contributed by atoms with Gasteiger partial charge >= 0.3 is 0 Å². The summed E-state index contributed by atoms with van der Waals surface area (Å²) in [5.74, 6) is 0. The maximum Gasteiger partial charge on any atom is 0.00794 e. The SMILES string of the molecule is CC(Cc1ccsc1)NCCC(C)(C)C. The smallest absolute Gasteiger partial charge is 0.00794 e. The van der Waals surface area contributed by atoms with Crippen LogP contribution < -0.4 is 5.32 Å². The molecule has 1 N–H and O–H groups in total. The molecular weight excluding hydrogens is 202 g/mol. The third-order valence-electron chi connectivity index (χ3n) is 2.49. The molecule has 0 saturated heterocycles. The first-order chi connectivity index (χ1) is 6.97. The van der Waals surface area contributed by atoms with Crippen molar-refractivity contribution < 1.29 is 0 Å². The fraction of sp³-hybridized carbons (Fsp3) is 0.692. The molecule has 2 heteroatoms. The number of rotatable bonds is 5. The summed E-state index contributed by atoms with van der Waals surface area (Å²) in [4.78, 5) is 0. The average Bonchev–Trinajstić information content (AvgIpc) is 2.54. The van der Waals surface area contributed by atoms with Crippen molar-refractivity contribution in [3.63, 3.8) is 0 Å². The molecule has 15 heavy (non-hydrogen) atoms. The van der Waals surface area contributed by atoms with E-state index in [1.807, 2.05) is 0 Å². The molecule has 0 saturated carbocycles. The number of thiophene rings is 1. The first kappa shape index (κ1) is 12.7. The lowest BCUT2D eigenvalue weighted by Crippen LogP contribution is -2.30. The van der Waals surface area contributed by atoms with Crippen molar-refractivity contribution in [1.82, 2.24) is 5.32 Å². The standard InChI is InChI=1S/C13H23NS/c1-11(9-12-5-8-15-10-12)14-7-6-13(2,3)4/h5,8,10-11,14H,6-7,9H2,1-4H3. The molecule has 86 valence electrons. The van der Waals surface area contributed by atoms with Crippen LogP contribution in [-0.2, 0) is 6.42 Å². The lowest BCUT2D eigenvalue weighted by Gasteiger charge is -2.20. The van der Waals surface area contributed by atoms with E-state index in [9.17, 15) is 0 Å². The Morgan fingerprint density at radius 1 is 1.40 bits per heavy atom. The highest BCUT2D eigenvalue weighted by Crippen LogP contribution is 2.17. The molecule has 1 aromatic heterocycles. The summed E-state index contributed by atoms with van der Waals surface area (Å²) in [6.45, 7) is 10.3. The molecule has 1 unspecified atom stereocenters. The quantitative estimate of drug-likeness (QED) is 0.805. The van der Waals surface area contributed by atoms with Crippen LogP contribution in [0.25, 0.3) is 0 Å². The summed E-state index contributed by atoms with van der Waals surface area (Å²) in [7, 11) is 0. The van der Waals surface area contributed by atoms with E-state index in [0.717, 1.165) is 13.0 Å². The van der Waals surface area contributed by atoms with E-state index in [-0.39, 0.29) is 0 Å². The van der Waals surface area contributed by atoms with Crippen LogP contribution in [-0.4, -0.2) is 12.6 Å². The zero-order chi connectivity index (χ0) is 11.3. The predicted molar refractivity (Wildman–Crippen MR) is 69.6 cm³/mol. The van der Waals surface area contributed by atoms with Gasteiger partial charge in [-0.1, -0.05) is 20.8 Å². The van der Waals surface area contributed by atoms with E-state index in [0.29, 0.717) is 11.5 Å². The van der Waals surface area contributed by atoms with Crippen LogP contribution >= 0.6 is 11.3 Å². The van der Waals surface area contributed by atoms with Crippen LogP contribution in [0.3, 0.4) is 0 Å². The zero-order valence-electron chi connectivity index (χ0n) is 10.3. The Morgan fingerprint density at radius 2 is 2.13 bits per heavy atom. The maximum atomic E-state index is 3.58. The van der Waals surface area contributed by atoms with E-state index >= 15 is 0 Å². The van der Waals surface area contributed by atoms with Gasteiger partial charge in [-0.3, -0.25) is 0 Å². The fourth-order valence-corrected chi connectivity index (χ4v) is 2.21. The summed E-state index contributed by atoms with van der Waals surface area (Å²) < 4.78 is 0. The molecule has 1 heterocycles. The highest BCUT2D eigenvalue weighted by Gasteiger charge is 2.10. The van der Waals surface area contributed by atoms with Gasteiger partial charge in [-0.15, -0.1) is 0 Å². The van der Waals surface area contributed by atoms with Crippen molar-refractivity contribution in [3.8, 4) is 0 Å². The van der Waals surface area contributed by atoms with Crippen LogP contribution in [0.15, 0.2) is 16.8 Å². The zero-order valence-corrected chi connectivity index (χ0v) is 11.2. The van der Waals surface area contributed by atoms with Gasteiger partial charge in [0.1, 0.15) is 0 Å². The summed E-state index contributed by atoms with van der Waals surface area (Å²) in [6, 6.07) is 2.80. The third-order valence-corrected chi connectivity index (χ3v) is 3.22. The monoisotopic (exact) mass is 225 g/mol.